The number of fused-ring (bicyclic) bond motifs is 1. The number of aromatic nitrogens is 2. The average Bonchev–Trinajstić information content (AvgIpc) is 2.92. The zero-order valence-corrected chi connectivity index (χ0v) is 12.7. The van der Waals surface area contributed by atoms with E-state index in [2.05, 4.69) is 10.00 Å². The second-order valence-corrected chi connectivity index (χ2v) is 5.60. The van der Waals surface area contributed by atoms with Gasteiger partial charge in [0.25, 0.3) is 0 Å². The average molecular weight is 301 g/mol. The number of hydrogen-bond donors (Lipinski definition) is 1. The summed E-state index contributed by atoms with van der Waals surface area (Å²) in [4.78, 5) is 13.4. The van der Waals surface area contributed by atoms with Crippen LogP contribution in [0.25, 0.3) is 0 Å². The SMILES string of the molecule is CC(C)n1nc(C(=O)O)cc1CN1CCOc2ccccc21. The highest BCUT2D eigenvalue weighted by Crippen LogP contribution is 2.32. The third-order valence-electron chi connectivity index (χ3n) is 3.70. The van der Waals surface area contributed by atoms with Crippen LogP contribution in [0.4, 0.5) is 5.69 Å². The summed E-state index contributed by atoms with van der Waals surface area (Å²) in [6, 6.07) is 9.65. The smallest absolute Gasteiger partial charge is 0.356 e. The van der Waals surface area contributed by atoms with E-state index in [4.69, 9.17) is 9.84 Å². The molecule has 1 aromatic carbocycles. The number of anilines is 1. The first-order valence-corrected chi connectivity index (χ1v) is 7.34. The van der Waals surface area contributed by atoms with E-state index in [0.29, 0.717) is 13.2 Å². The van der Waals surface area contributed by atoms with Crippen molar-refractivity contribution in [2.45, 2.75) is 26.4 Å². The number of aromatic carboxylic acids is 1. The van der Waals surface area contributed by atoms with Crippen LogP contribution < -0.4 is 9.64 Å². The molecule has 0 bridgehead atoms. The van der Waals surface area contributed by atoms with Crippen LogP contribution in [-0.4, -0.2) is 34.0 Å². The summed E-state index contributed by atoms with van der Waals surface area (Å²) < 4.78 is 7.43. The molecule has 6 heteroatoms. The Bertz CT molecular complexity index is 694. The van der Waals surface area contributed by atoms with Gasteiger partial charge in [-0.15, -0.1) is 0 Å². The Balaban J connectivity index is 1.92. The Kier molecular flexibility index (Phi) is 3.75. The van der Waals surface area contributed by atoms with Gasteiger partial charge in [0.1, 0.15) is 12.4 Å². The number of ether oxygens (including phenoxy) is 1. The fourth-order valence-corrected chi connectivity index (χ4v) is 2.69. The van der Waals surface area contributed by atoms with Gasteiger partial charge in [0.2, 0.25) is 0 Å². The van der Waals surface area contributed by atoms with E-state index in [9.17, 15) is 4.79 Å². The minimum Gasteiger partial charge on any atom is -0.490 e. The lowest BCUT2D eigenvalue weighted by Gasteiger charge is -2.31. The lowest BCUT2D eigenvalue weighted by molar-refractivity contribution is 0.0689. The molecule has 22 heavy (non-hydrogen) atoms. The number of nitrogens with zero attached hydrogens (tertiary/aromatic N) is 3. The molecule has 1 N–H and O–H groups in total. The van der Waals surface area contributed by atoms with Crippen LogP contribution in [0.2, 0.25) is 0 Å². The van der Waals surface area contributed by atoms with E-state index in [1.807, 2.05) is 38.1 Å². The van der Waals surface area contributed by atoms with Crippen molar-refractivity contribution in [2.75, 3.05) is 18.1 Å². The van der Waals surface area contributed by atoms with E-state index in [1.165, 1.54) is 0 Å². The van der Waals surface area contributed by atoms with Crippen LogP contribution in [0.15, 0.2) is 30.3 Å². The van der Waals surface area contributed by atoms with Crippen LogP contribution in [0.1, 0.15) is 36.1 Å². The van der Waals surface area contributed by atoms with Crippen molar-refractivity contribution in [3.05, 3.63) is 41.7 Å². The third-order valence-corrected chi connectivity index (χ3v) is 3.70. The number of benzene rings is 1. The van der Waals surface area contributed by atoms with Gasteiger partial charge in [-0.3, -0.25) is 4.68 Å². The molecule has 0 unspecified atom stereocenters. The summed E-state index contributed by atoms with van der Waals surface area (Å²) in [5, 5.41) is 13.3. The Morgan fingerprint density at radius 2 is 2.18 bits per heavy atom. The van der Waals surface area contributed by atoms with Crippen LogP contribution in [-0.2, 0) is 6.54 Å². The summed E-state index contributed by atoms with van der Waals surface area (Å²) >= 11 is 0. The standard InChI is InChI=1S/C16H19N3O3/c1-11(2)19-12(9-13(17-19)16(20)21)10-18-7-8-22-15-6-4-3-5-14(15)18/h3-6,9,11H,7-8,10H2,1-2H3,(H,20,21). The number of carbonyl (C=O) groups is 1. The molecule has 0 saturated heterocycles. The van der Waals surface area contributed by atoms with Crippen LogP contribution in [0.3, 0.4) is 0 Å². The summed E-state index contributed by atoms with van der Waals surface area (Å²) in [6.45, 7) is 5.99. The first kappa shape index (κ1) is 14.4. The lowest BCUT2D eigenvalue weighted by atomic mass is 10.2. The first-order valence-electron chi connectivity index (χ1n) is 7.34. The Labute approximate surface area is 128 Å². The summed E-state index contributed by atoms with van der Waals surface area (Å²) in [6.07, 6.45) is 0. The molecule has 2 heterocycles. The van der Waals surface area contributed by atoms with Crippen molar-refractivity contribution in [1.82, 2.24) is 9.78 Å². The molecule has 0 amide bonds. The highest BCUT2D eigenvalue weighted by Gasteiger charge is 2.21. The molecule has 0 fully saturated rings. The predicted molar refractivity (Wildman–Crippen MR) is 82.6 cm³/mol. The van der Waals surface area contributed by atoms with E-state index >= 15 is 0 Å². The van der Waals surface area contributed by atoms with Crippen LogP contribution in [0, 0.1) is 0 Å². The minimum absolute atomic E-state index is 0.0882. The number of carboxylic acid groups (broad SMARTS) is 1. The van der Waals surface area contributed by atoms with Gasteiger partial charge in [0, 0.05) is 6.04 Å². The van der Waals surface area contributed by atoms with E-state index in [1.54, 1.807) is 10.7 Å². The maximum absolute atomic E-state index is 11.2. The molecular formula is C16H19N3O3. The van der Waals surface area contributed by atoms with Gasteiger partial charge >= 0.3 is 5.97 Å². The molecule has 1 aliphatic heterocycles. The fraction of sp³-hybridized carbons (Fsp3) is 0.375. The predicted octanol–water partition coefficient (Wildman–Crippen LogP) is 2.56. The van der Waals surface area contributed by atoms with Crippen molar-refractivity contribution < 1.29 is 14.6 Å². The number of rotatable bonds is 4. The van der Waals surface area contributed by atoms with Crippen molar-refractivity contribution in [3.8, 4) is 5.75 Å². The molecule has 1 aromatic heterocycles. The maximum atomic E-state index is 11.2. The zero-order chi connectivity index (χ0) is 15.7. The molecule has 116 valence electrons. The second kappa shape index (κ2) is 5.71. The van der Waals surface area contributed by atoms with E-state index < -0.39 is 5.97 Å². The molecule has 2 aromatic rings. The highest BCUT2D eigenvalue weighted by molar-refractivity contribution is 5.85. The van der Waals surface area contributed by atoms with Crippen molar-refractivity contribution in [1.29, 1.82) is 0 Å². The van der Waals surface area contributed by atoms with Crippen molar-refractivity contribution in [3.63, 3.8) is 0 Å². The van der Waals surface area contributed by atoms with Gasteiger partial charge < -0.3 is 14.7 Å². The lowest BCUT2D eigenvalue weighted by Crippen LogP contribution is -2.33. The maximum Gasteiger partial charge on any atom is 0.356 e. The Morgan fingerprint density at radius 1 is 1.41 bits per heavy atom. The Hall–Kier alpha value is -2.50. The fourth-order valence-electron chi connectivity index (χ4n) is 2.69. The van der Waals surface area contributed by atoms with Gasteiger partial charge in [-0.05, 0) is 32.0 Å². The van der Waals surface area contributed by atoms with Gasteiger partial charge in [0.15, 0.2) is 5.69 Å². The monoisotopic (exact) mass is 301 g/mol. The minimum atomic E-state index is -0.997. The van der Waals surface area contributed by atoms with Gasteiger partial charge in [-0.25, -0.2) is 4.79 Å². The van der Waals surface area contributed by atoms with Crippen molar-refractivity contribution >= 4 is 11.7 Å². The quantitative estimate of drug-likeness (QED) is 0.940. The first-order chi connectivity index (χ1) is 10.6. The molecule has 0 saturated carbocycles. The highest BCUT2D eigenvalue weighted by atomic mass is 16.5. The normalized spacial score (nSPS) is 13.9. The molecule has 1 aliphatic rings. The van der Waals surface area contributed by atoms with E-state index in [-0.39, 0.29) is 11.7 Å². The molecule has 3 rings (SSSR count). The Morgan fingerprint density at radius 3 is 2.91 bits per heavy atom. The summed E-state index contributed by atoms with van der Waals surface area (Å²) in [7, 11) is 0. The molecule has 6 nitrogen and oxygen atoms in total. The molecule has 0 spiro atoms. The molecular weight excluding hydrogens is 282 g/mol. The van der Waals surface area contributed by atoms with Gasteiger partial charge in [-0.1, -0.05) is 12.1 Å². The summed E-state index contributed by atoms with van der Waals surface area (Å²) in [5.74, 6) is -0.133. The van der Waals surface area contributed by atoms with Crippen LogP contribution >= 0.6 is 0 Å². The number of hydrogen-bond acceptors (Lipinski definition) is 4. The third kappa shape index (κ3) is 2.64. The van der Waals surface area contributed by atoms with Gasteiger partial charge in [0.05, 0.1) is 24.5 Å². The molecule has 0 radical (unpaired) electrons. The van der Waals surface area contributed by atoms with E-state index in [0.717, 1.165) is 23.7 Å². The van der Waals surface area contributed by atoms with Crippen LogP contribution in [0.5, 0.6) is 5.75 Å². The van der Waals surface area contributed by atoms with Crippen molar-refractivity contribution in [2.24, 2.45) is 0 Å². The zero-order valence-electron chi connectivity index (χ0n) is 12.7. The molecule has 0 atom stereocenters. The second-order valence-electron chi connectivity index (χ2n) is 5.60. The number of carboxylic acids is 1. The largest absolute Gasteiger partial charge is 0.490 e. The number of para-hydroxylation sites is 2. The van der Waals surface area contributed by atoms with Gasteiger partial charge in [-0.2, -0.15) is 5.10 Å². The molecule has 0 aliphatic carbocycles. The summed E-state index contributed by atoms with van der Waals surface area (Å²) in [5.41, 5.74) is 2.01. The topological polar surface area (TPSA) is 67.6 Å².